The van der Waals surface area contributed by atoms with Crippen molar-refractivity contribution in [3.8, 4) is 11.5 Å². The molecule has 0 saturated heterocycles. The zero-order chi connectivity index (χ0) is 16.5. The van der Waals surface area contributed by atoms with E-state index in [1.165, 1.54) is 0 Å². The Morgan fingerprint density at radius 1 is 1.29 bits per heavy atom. The van der Waals surface area contributed by atoms with Crippen molar-refractivity contribution in [3.63, 3.8) is 0 Å². The summed E-state index contributed by atoms with van der Waals surface area (Å²) in [5.41, 5.74) is 0.793. The minimum Gasteiger partial charge on any atom is -0.332 e. The average Bonchev–Trinajstić information content (AvgIpc) is 3.25. The Labute approximate surface area is 138 Å². The third-order valence-electron chi connectivity index (χ3n) is 4.15. The lowest BCUT2D eigenvalue weighted by Crippen LogP contribution is -2.41. The maximum absolute atomic E-state index is 12.5. The lowest BCUT2D eigenvalue weighted by atomic mass is 10.2. The van der Waals surface area contributed by atoms with Gasteiger partial charge in [-0.05, 0) is 19.1 Å². The van der Waals surface area contributed by atoms with E-state index in [0.717, 1.165) is 17.3 Å². The molecule has 1 aliphatic heterocycles. The van der Waals surface area contributed by atoms with Gasteiger partial charge in [-0.2, -0.15) is 0 Å². The van der Waals surface area contributed by atoms with Gasteiger partial charge in [0.1, 0.15) is 12.2 Å². The van der Waals surface area contributed by atoms with Crippen LogP contribution < -0.4 is 0 Å². The molecule has 8 nitrogen and oxygen atoms in total. The second kappa shape index (κ2) is 5.88. The smallest absolute Gasteiger partial charge is 0.243 e. The normalized spacial score (nSPS) is 16.9. The fraction of sp³-hybridized carbons (Fsp3) is 0.312. The van der Waals surface area contributed by atoms with E-state index in [4.69, 9.17) is 0 Å². The molecule has 0 spiro atoms. The van der Waals surface area contributed by atoms with E-state index < -0.39 is 0 Å². The maximum Gasteiger partial charge on any atom is 0.243 e. The molecule has 0 aliphatic carbocycles. The molecule has 0 fully saturated rings. The van der Waals surface area contributed by atoms with Gasteiger partial charge in [0.25, 0.3) is 0 Å². The van der Waals surface area contributed by atoms with Crippen LogP contribution in [0.25, 0.3) is 11.5 Å². The number of aromatic nitrogens is 6. The van der Waals surface area contributed by atoms with Crippen LogP contribution in [0.15, 0.2) is 43.1 Å². The molecule has 122 valence electrons. The van der Waals surface area contributed by atoms with Gasteiger partial charge in [-0.15, -0.1) is 10.2 Å². The molecule has 1 aliphatic rings. The number of carbonyl (C=O) groups is 1. The van der Waals surface area contributed by atoms with Crippen LogP contribution >= 0.6 is 0 Å². The van der Waals surface area contributed by atoms with Gasteiger partial charge in [-0.1, -0.05) is 6.07 Å². The summed E-state index contributed by atoms with van der Waals surface area (Å²) in [5, 5.41) is 8.56. The topological polar surface area (TPSA) is 81.7 Å². The quantitative estimate of drug-likeness (QED) is 0.722. The summed E-state index contributed by atoms with van der Waals surface area (Å²) in [7, 11) is 0. The first-order chi connectivity index (χ1) is 11.7. The number of pyridine rings is 1. The first kappa shape index (κ1) is 14.6. The molecule has 0 bridgehead atoms. The molecule has 24 heavy (non-hydrogen) atoms. The van der Waals surface area contributed by atoms with E-state index >= 15 is 0 Å². The Morgan fingerprint density at radius 3 is 2.96 bits per heavy atom. The summed E-state index contributed by atoms with van der Waals surface area (Å²) in [4.78, 5) is 22.6. The Balaban J connectivity index is 1.58. The predicted octanol–water partition coefficient (Wildman–Crippen LogP) is 1.14. The fourth-order valence-corrected chi connectivity index (χ4v) is 3.03. The third-order valence-corrected chi connectivity index (χ3v) is 4.15. The van der Waals surface area contributed by atoms with Crippen molar-refractivity contribution in [2.75, 3.05) is 6.54 Å². The summed E-state index contributed by atoms with van der Waals surface area (Å²) in [5.74, 6) is 1.58. The molecule has 1 atom stereocenters. The van der Waals surface area contributed by atoms with Crippen LogP contribution in [0.5, 0.6) is 0 Å². The van der Waals surface area contributed by atoms with Crippen molar-refractivity contribution in [2.45, 2.75) is 26.1 Å². The number of nitrogens with zero attached hydrogens (tertiary/aromatic N) is 7. The number of carbonyl (C=O) groups excluding carboxylic acids is 1. The van der Waals surface area contributed by atoms with Crippen molar-refractivity contribution in [2.24, 2.45) is 0 Å². The van der Waals surface area contributed by atoms with E-state index in [9.17, 15) is 4.79 Å². The van der Waals surface area contributed by atoms with Crippen LogP contribution in [0.3, 0.4) is 0 Å². The highest BCUT2D eigenvalue weighted by Gasteiger charge is 2.29. The van der Waals surface area contributed by atoms with Crippen LogP contribution in [-0.4, -0.2) is 46.7 Å². The van der Waals surface area contributed by atoms with E-state index in [0.29, 0.717) is 13.1 Å². The SMILES string of the molecule is C[C@H]1CN(C(=O)Cn2ccnc2)Cc2nnc(-c3ccccn3)n21. The van der Waals surface area contributed by atoms with E-state index in [1.54, 1.807) is 29.5 Å². The van der Waals surface area contributed by atoms with Crippen LogP contribution in [-0.2, 0) is 17.9 Å². The second-order valence-corrected chi connectivity index (χ2v) is 5.88. The number of rotatable bonds is 3. The zero-order valence-electron chi connectivity index (χ0n) is 13.3. The van der Waals surface area contributed by atoms with Crippen molar-refractivity contribution >= 4 is 5.91 Å². The van der Waals surface area contributed by atoms with Crippen LogP contribution in [0, 0.1) is 0 Å². The third kappa shape index (κ3) is 2.55. The minimum absolute atomic E-state index is 0.0495. The van der Waals surface area contributed by atoms with Crippen molar-refractivity contribution in [1.29, 1.82) is 0 Å². The number of amides is 1. The van der Waals surface area contributed by atoms with E-state index in [1.807, 2.05) is 23.1 Å². The molecule has 0 aromatic carbocycles. The number of imidazole rings is 1. The Hall–Kier alpha value is -3.03. The van der Waals surface area contributed by atoms with Crippen molar-refractivity contribution in [1.82, 2.24) is 34.2 Å². The van der Waals surface area contributed by atoms with E-state index in [2.05, 4.69) is 31.7 Å². The first-order valence-corrected chi connectivity index (χ1v) is 7.81. The predicted molar refractivity (Wildman–Crippen MR) is 85.6 cm³/mol. The molecule has 0 radical (unpaired) electrons. The maximum atomic E-state index is 12.5. The van der Waals surface area contributed by atoms with Crippen LogP contribution in [0.1, 0.15) is 18.8 Å². The standard InChI is InChI=1S/C16H17N7O/c1-12-8-22(15(24)10-21-7-6-17-11-21)9-14-19-20-16(23(12)14)13-4-2-3-5-18-13/h2-7,11-12H,8-10H2,1H3/t12-/m0/s1. The van der Waals surface area contributed by atoms with Gasteiger partial charge in [-0.25, -0.2) is 4.98 Å². The van der Waals surface area contributed by atoms with Gasteiger partial charge in [0.2, 0.25) is 5.91 Å². The molecule has 0 N–H and O–H groups in total. The Morgan fingerprint density at radius 2 is 2.21 bits per heavy atom. The molecule has 0 unspecified atom stereocenters. The molecule has 4 rings (SSSR count). The molecular weight excluding hydrogens is 306 g/mol. The van der Waals surface area contributed by atoms with Crippen molar-refractivity contribution in [3.05, 3.63) is 48.9 Å². The number of hydrogen-bond donors (Lipinski definition) is 0. The molecular formula is C16H17N7O. The molecule has 4 heterocycles. The highest BCUT2D eigenvalue weighted by molar-refractivity contribution is 5.76. The van der Waals surface area contributed by atoms with Gasteiger partial charge >= 0.3 is 0 Å². The summed E-state index contributed by atoms with van der Waals surface area (Å²) in [6.45, 7) is 3.43. The monoisotopic (exact) mass is 323 g/mol. The highest BCUT2D eigenvalue weighted by Crippen LogP contribution is 2.26. The lowest BCUT2D eigenvalue weighted by molar-refractivity contribution is -0.133. The van der Waals surface area contributed by atoms with E-state index in [-0.39, 0.29) is 18.5 Å². The number of hydrogen-bond acceptors (Lipinski definition) is 5. The van der Waals surface area contributed by atoms with Crippen molar-refractivity contribution < 1.29 is 4.79 Å². The second-order valence-electron chi connectivity index (χ2n) is 5.88. The Kier molecular flexibility index (Phi) is 3.56. The molecule has 3 aromatic heterocycles. The first-order valence-electron chi connectivity index (χ1n) is 7.81. The van der Waals surface area contributed by atoms with Gasteiger partial charge < -0.3 is 14.0 Å². The fourth-order valence-electron chi connectivity index (χ4n) is 3.03. The zero-order valence-corrected chi connectivity index (χ0v) is 13.3. The van der Waals surface area contributed by atoms with Gasteiger partial charge in [0.05, 0.1) is 18.9 Å². The van der Waals surface area contributed by atoms with Crippen LogP contribution in [0.4, 0.5) is 0 Å². The average molecular weight is 323 g/mol. The lowest BCUT2D eigenvalue weighted by Gasteiger charge is -2.32. The summed E-state index contributed by atoms with van der Waals surface area (Å²) in [6, 6.07) is 5.81. The van der Waals surface area contributed by atoms with Crippen LogP contribution in [0.2, 0.25) is 0 Å². The van der Waals surface area contributed by atoms with Gasteiger partial charge in [0.15, 0.2) is 11.6 Å². The van der Waals surface area contributed by atoms with Gasteiger partial charge in [-0.3, -0.25) is 9.78 Å². The number of fused-ring (bicyclic) bond motifs is 1. The molecule has 3 aromatic rings. The largest absolute Gasteiger partial charge is 0.332 e. The van der Waals surface area contributed by atoms with Gasteiger partial charge in [0, 0.05) is 25.1 Å². The summed E-state index contributed by atoms with van der Waals surface area (Å²) < 4.78 is 3.84. The Bertz CT molecular complexity index is 841. The molecule has 8 heteroatoms. The molecule has 1 amide bonds. The summed E-state index contributed by atoms with van der Waals surface area (Å²) in [6.07, 6.45) is 6.84. The summed E-state index contributed by atoms with van der Waals surface area (Å²) >= 11 is 0. The molecule has 0 saturated carbocycles. The highest BCUT2D eigenvalue weighted by atomic mass is 16.2. The minimum atomic E-state index is 0.0495.